The molecular formula is C16H32N2O. The van der Waals surface area contributed by atoms with Crippen molar-refractivity contribution in [2.45, 2.75) is 64.0 Å². The molecule has 112 valence electrons. The zero-order chi connectivity index (χ0) is 13.9. The molecule has 3 unspecified atom stereocenters. The molecule has 2 fully saturated rings. The van der Waals surface area contributed by atoms with E-state index < -0.39 is 0 Å². The van der Waals surface area contributed by atoms with E-state index in [1.807, 2.05) is 0 Å². The Morgan fingerprint density at radius 1 is 1.32 bits per heavy atom. The molecule has 3 atom stereocenters. The summed E-state index contributed by atoms with van der Waals surface area (Å²) in [5.74, 6) is 1.92. The fourth-order valence-corrected chi connectivity index (χ4v) is 2.96. The first kappa shape index (κ1) is 15.3. The zero-order valence-electron chi connectivity index (χ0n) is 13.0. The van der Waals surface area contributed by atoms with Crippen molar-refractivity contribution in [1.29, 1.82) is 0 Å². The van der Waals surface area contributed by atoms with E-state index in [1.54, 1.807) is 0 Å². The van der Waals surface area contributed by atoms with Crippen LogP contribution in [0.15, 0.2) is 0 Å². The van der Waals surface area contributed by atoms with Gasteiger partial charge in [0, 0.05) is 18.1 Å². The molecule has 0 aromatic carbocycles. The van der Waals surface area contributed by atoms with Crippen molar-refractivity contribution in [1.82, 2.24) is 10.2 Å². The van der Waals surface area contributed by atoms with Crippen molar-refractivity contribution < 1.29 is 5.11 Å². The first-order valence-electron chi connectivity index (χ1n) is 8.09. The number of aliphatic hydroxyl groups is 1. The Bertz CT molecular complexity index is 280. The van der Waals surface area contributed by atoms with Crippen LogP contribution in [0.4, 0.5) is 0 Å². The summed E-state index contributed by atoms with van der Waals surface area (Å²) in [5, 5.41) is 13.1. The third-order valence-electron chi connectivity index (χ3n) is 4.82. The number of nitrogens with one attached hydrogen (secondary N) is 1. The van der Waals surface area contributed by atoms with Crippen LogP contribution in [-0.2, 0) is 0 Å². The summed E-state index contributed by atoms with van der Waals surface area (Å²) in [4.78, 5) is 2.48. The highest BCUT2D eigenvalue weighted by Gasteiger charge is 2.33. The molecule has 0 heterocycles. The Kier molecular flexibility index (Phi) is 5.27. The van der Waals surface area contributed by atoms with Crippen LogP contribution in [0.25, 0.3) is 0 Å². The van der Waals surface area contributed by atoms with Crippen LogP contribution in [-0.4, -0.2) is 48.3 Å². The van der Waals surface area contributed by atoms with Gasteiger partial charge in [0.2, 0.25) is 0 Å². The molecule has 0 amide bonds. The SMILES string of the molecule is CC1CC1CN(C)CCCCC(C)(CO)NC1CC1. The first-order valence-corrected chi connectivity index (χ1v) is 8.09. The van der Waals surface area contributed by atoms with Crippen LogP contribution in [0.1, 0.15) is 52.4 Å². The van der Waals surface area contributed by atoms with E-state index >= 15 is 0 Å². The van der Waals surface area contributed by atoms with E-state index in [0.717, 1.165) is 18.3 Å². The molecule has 0 aromatic rings. The standard InChI is InChI=1S/C16H32N2O/c1-13-10-14(13)11-18(3)9-5-4-8-16(2,12-19)17-15-6-7-15/h13-15,17,19H,4-12H2,1-3H3. The number of aliphatic hydroxyl groups excluding tert-OH is 1. The zero-order valence-corrected chi connectivity index (χ0v) is 13.0. The molecule has 2 N–H and O–H groups in total. The number of hydrogen-bond acceptors (Lipinski definition) is 3. The Labute approximate surface area is 118 Å². The van der Waals surface area contributed by atoms with E-state index in [0.29, 0.717) is 6.04 Å². The largest absolute Gasteiger partial charge is 0.394 e. The van der Waals surface area contributed by atoms with E-state index in [4.69, 9.17) is 0 Å². The molecule has 0 aromatic heterocycles. The summed E-state index contributed by atoms with van der Waals surface area (Å²) in [7, 11) is 2.25. The van der Waals surface area contributed by atoms with Gasteiger partial charge in [-0.25, -0.2) is 0 Å². The van der Waals surface area contributed by atoms with Gasteiger partial charge in [-0.15, -0.1) is 0 Å². The van der Waals surface area contributed by atoms with Crippen molar-refractivity contribution >= 4 is 0 Å². The van der Waals surface area contributed by atoms with Gasteiger partial charge in [0.25, 0.3) is 0 Å². The molecule has 2 rings (SSSR count). The van der Waals surface area contributed by atoms with Crippen LogP contribution in [0.3, 0.4) is 0 Å². The molecule has 0 saturated heterocycles. The van der Waals surface area contributed by atoms with Crippen LogP contribution >= 0.6 is 0 Å². The van der Waals surface area contributed by atoms with Crippen LogP contribution in [0, 0.1) is 11.8 Å². The highest BCUT2D eigenvalue weighted by molar-refractivity contribution is 4.92. The minimum atomic E-state index is -0.0508. The predicted octanol–water partition coefficient (Wildman–Crippen LogP) is 2.25. The molecule has 19 heavy (non-hydrogen) atoms. The molecule has 2 aliphatic rings. The highest BCUT2D eigenvalue weighted by atomic mass is 16.3. The third kappa shape index (κ3) is 5.41. The maximum Gasteiger partial charge on any atom is 0.0610 e. The van der Waals surface area contributed by atoms with Gasteiger partial charge >= 0.3 is 0 Å². The lowest BCUT2D eigenvalue weighted by Crippen LogP contribution is -2.46. The lowest BCUT2D eigenvalue weighted by molar-refractivity contribution is 0.159. The van der Waals surface area contributed by atoms with E-state index in [1.165, 1.54) is 45.2 Å². The molecule has 2 saturated carbocycles. The third-order valence-corrected chi connectivity index (χ3v) is 4.82. The van der Waals surface area contributed by atoms with E-state index in [9.17, 15) is 5.11 Å². The topological polar surface area (TPSA) is 35.5 Å². The van der Waals surface area contributed by atoms with Gasteiger partial charge in [0.05, 0.1) is 6.61 Å². The molecule has 3 nitrogen and oxygen atoms in total. The number of unbranched alkanes of at least 4 members (excludes halogenated alkanes) is 1. The van der Waals surface area contributed by atoms with Gasteiger partial charge in [-0.3, -0.25) is 0 Å². The lowest BCUT2D eigenvalue weighted by atomic mass is 9.95. The quantitative estimate of drug-likeness (QED) is 0.597. The summed E-state index contributed by atoms with van der Waals surface area (Å²) in [6.07, 6.45) is 7.56. The molecule has 0 aliphatic heterocycles. The summed E-state index contributed by atoms with van der Waals surface area (Å²) in [6, 6.07) is 0.677. The second-order valence-corrected chi connectivity index (χ2v) is 7.33. The van der Waals surface area contributed by atoms with Gasteiger partial charge in [0.15, 0.2) is 0 Å². The van der Waals surface area contributed by atoms with Crippen LogP contribution in [0.2, 0.25) is 0 Å². The van der Waals surface area contributed by atoms with Crippen molar-refractivity contribution in [3.8, 4) is 0 Å². The van der Waals surface area contributed by atoms with Gasteiger partial charge in [-0.05, 0) is 64.5 Å². The van der Waals surface area contributed by atoms with Crippen LogP contribution in [0.5, 0.6) is 0 Å². The number of rotatable bonds is 10. The molecule has 0 radical (unpaired) electrons. The number of hydrogen-bond donors (Lipinski definition) is 2. The van der Waals surface area contributed by atoms with E-state index in [2.05, 4.69) is 31.1 Å². The molecule has 2 aliphatic carbocycles. The Hall–Kier alpha value is -0.120. The van der Waals surface area contributed by atoms with Crippen molar-refractivity contribution in [3.63, 3.8) is 0 Å². The van der Waals surface area contributed by atoms with Crippen LogP contribution < -0.4 is 5.32 Å². The van der Waals surface area contributed by atoms with Gasteiger partial charge < -0.3 is 15.3 Å². The second kappa shape index (κ2) is 6.55. The maximum atomic E-state index is 9.55. The highest BCUT2D eigenvalue weighted by Crippen LogP contribution is 2.37. The predicted molar refractivity (Wildman–Crippen MR) is 80.3 cm³/mol. The fraction of sp³-hybridized carbons (Fsp3) is 1.00. The van der Waals surface area contributed by atoms with Crippen molar-refractivity contribution in [2.24, 2.45) is 11.8 Å². The molecule has 3 heteroatoms. The first-order chi connectivity index (χ1) is 9.02. The minimum Gasteiger partial charge on any atom is -0.394 e. The maximum absolute atomic E-state index is 9.55. The van der Waals surface area contributed by atoms with Crippen molar-refractivity contribution in [2.75, 3.05) is 26.7 Å². The average Bonchev–Trinajstić information content (AvgIpc) is 3.27. The Morgan fingerprint density at radius 2 is 2.00 bits per heavy atom. The Balaban J connectivity index is 1.54. The summed E-state index contributed by atoms with van der Waals surface area (Å²) in [6.45, 7) is 7.27. The smallest absolute Gasteiger partial charge is 0.0610 e. The minimum absolute atomic E-state index is 0.0508. The molecule has 0 bridgehead atoms. The van der Waals surface area contributed by atoms with Gasteiger partial charge in [-0.2, -0.15) is 0 Å². The Morgan fingerprint density at radius 3 is 2.53 bits per heavy atom. The summed E-state index contributed by atoms with van der Waals surface area (Å²) >= 11 is 0. The number of nitrogens with zero attached hydrogens (tertiary/aromatic N) is 1. The second-order valence-electron chi connectivity index (χ2n) is 7.33. The van der Waals surface area contributed by atoms with E-state index in [-0.39, 0.29) is 12.1 Å². The molecule has 0 spiro atoms. The monoisotopic (exact) mass is 268 g/mol. The van der Waals surface area contributed by atoms with Gasteiger partial charge in [0.1, 0.15) is 0 Å². The molecular weight excluding hydrogens is 236 g/mol. The fourth-order valence-electron chi connectivity index (χ4n) is 2.96. The average molecular weight is 268 g/mol. The summed E-state index contributed by atoms with van der Waals surface area (Å²) < 4.78 is 0. The van der Waals surface area contributed by atoms with Crippen molar-refractivity contribution in [3.05, 3.63) is 0 Å². The lowest BCUT2D eigenvalue weighted by Gasteiger charge is -2.29. The van der Waals surface area contributed by atoms with Gasteiger partial charge in [-0.1, -0.05) is 13.3 Å². The summed E-state index contributed by atoms with van der Waals surface area (Å²) in [5.41, 5.74) is -0.0508. The normalized spacial score (nSPS) is 29.5.